The fraction of sp³-hybridized carbons (Fsp3) is 0.273. The molecule has 1 aromatic carbocycles. The molecular formula is C22H20ClFN6O2. The molecule has 0 saturated carbocycles. The molecule has 3 aromatic heterocycles. The zero-order valence-electron chi connectivity index (χ0n) is 17.2. The summed E-state index contributed by atoms with van der Waals surface area (Å²) in [6.45, 7) is 3.84. The molecule has 1 fully saturated rings. The minimum absolute atomic E-state index is 0.193. The maximum absolute atomic E-state index is 14.2. The predicted molar refractivity (Wildman–Crippen MR) is 119 cm³/mol. The van der Waals surface area contributed by atoms with E-state index in [0.29, 0.717) is 59.6 Å². The average Bonchev–Trinajstić information content (AvgIpc) is 3.20. The number of carbonyl (C=O) groups is 1. The second-order valence-corrected chi connectivity index (χ2v) is 7.99. The molecule has 32 heavy (non-hydrogen) atoms. The van der Waals surface area contributed by atoms with Gasteiger partial charge in [-0.25, -0.2) is 19.3 Å². The topological polar surface area (TPSA) is 96.0 Å². The highest BCUT2D eigenvalue weighted by Crippen LogP contribution is 2.31. The van der Waals surface area contributed by atoms with E-state index >= 15 is 0 Å². The third-order valence-electron chi connectivity index (χ3n) is 5.55. The van der Waals surface area contributed by atoms with Gasteiger partial charge in [0.1, 0.15) is 23.5 Å². The summed E-state index contributed by atoms with van der Waals surface area (Å²) in [5, 5.41) is 5.35. The Morgan fingerprint density at radius 2 is 2.09 bits per heavy atom. The van der Waals surface area contributed by atoms with Crippen molar-refractivity contribution >= 4 is 45.1 Å². The number of hydrogen-bond donors (Lipinski definition) is 2. The monoisotopic (exact) mass is 454 g/mol. The maximum atomic E-state index is 14.2. The lowest BCUT2D eigenvalue weighted by molar-refractivity contribution is 0.0300. The Labute approximate surface area is 187 Å². The summed E-state index contributed by atoms with van der Waals surface area (Å²) in [6.07, 6.45) is 2.60. The summed E-state index contributed by atoms with van der Waals surface area (Å²) in [5.41, 5.74) is 1.30. The van der Waals surface area contributed by atoms with E-state index in [4.69, 9.17) is 21.3 Å². The van der Waals surface area contributed by atoms with Gasteiger partial charge in [0.25, 0.3) is 5.91 Å². The van der Waals surface area contributed by atoms with Crippen molar-refractivity contribution in [2.45, 2.75) is 13.0 Å². The molecule has 0 spiro atoms. The van der Waals surface area contributed by atoms with Crippen LogP contribution in [0.2, 0.25) is 5.02 Å². The van der Waals surface area contributed by atoms with Crippen LogP contribution >= 0.6 is 11.6 Å². The number of aromatic amines is 1. The van der Waals surface area contributed by atoms with Crippen LogP contribution in [0.4, 0.5) is 10.2 Å². The van der Waals surface area contributed by atoms with Crippen molar-refractivity contribution in [1.29, 1.82) is 0 Å². The first-order valence-corrected chi connectivity index (χ1v) is 10.6. The molecule has 10 heteroatoms. The minimum Gasteiger partial charge on any atom is -0.378 e. The van der Waals surface area contributed by atoms with Crippen molar-refractivity contribution in [3.8, 4) is 0 Å². The second kappa shape index (κ2) is 8.33. The van der Waals surface area contributed by atoms with Gasteiger partial charge in [-0.05, 0) is 24.4 Å². The Morgan fingerprint density at radius 1 is 1.28 bits per heavy atom. The second-order valence-electron chi connectivity index (χ2n) is 7.59. The third-order valence-corrected chi connectivity index (χ3v) is 5.86. The third kappa shape index (κ3) is 3.63. The van der Waals surface area contributed by atoms with Gasteiger partial charge < -0.3 is 19.9 Å². The highest BCUT2D eigenvalue weighted by Gasteiger charge is 2.25. The van der Waals surface area contributed by atoms with Crippen LogP contribution < -0.4 is 5.32 Å². The molecule has 0 aliphatic carbocycles. The summed E-state index contributed by atoms with van der Waals surface area (Å²) in [6, 6.07) is 6.97. The van der Waals surface area contributed by atoms with Crippen LogP contribution in [0.3, 0.4) is 0 Å². The molecule has 0 radical (unpaired) electrons. The number of nitrogens with one attached hydrogen (secondary N) is 2. The van der Waals surface area contributed by atoms with E-state index in [9.17, 15) is 9.18 Å². The molecule has 8 nitrogen and oxygen atoms in total. The van der Waals surface area contributed by atoms with Gasteiger partial charge in [-0.2, -0.15) is 0 Å². The Balaban J connectivity index is 1.56. The van der Waals surface area contributed by atoms with Crippen LogP contribution in [-0.2, 0) is 4.74 Å². The number of hydrogen-bond acceptors (Lipinski definition) is 6. The van der Waals surface area contributed by atoms with Gasteiger partial charge in [0, 0.05) is 24.7 Å². The molecule has 1 atom stereocenters. The Bertz CT molecular complexity index is 1320. The first-order chi connectivity index (χ1) is 15.5. The molecule has 164 valence electrons. The largest absolute Gasteiger partial charge is 0.378 e. The molecule has 2 N–H and O–H groups in total. The lowest BCUT2D eigenvalue weighted by atomic mass is 10.0. The standard InChI is InChI=1S/C22H20ClFN6O2/c1-12(28-21-18-15(24)10-25-20(18)26-11-27-21)16-9-13-3-2-4-14(23)17(13)19(29-16)22(31)30-5-7-32-8-6-30/h2-4,9-12H,5-8H2,1H3,(H2,25,26,27,28)/t12-/m0/s1. The Morgan fingerprint density at radius 3 is 2.91 bits per heavy atom. The highest BCUT2D eigenvalue weighted by atomic mass is 35.5. The summed E-state index contributed by atoms with van der Waals surface area (Å²) < 4.78 is 19.6. The number of pyridine rings is 1. The number of aromatic nitrogens is 4. The summed E-state index contributed by atoms with van der Waals surface area (Å²) in [5.74, 6) is -0.298. The van der Waals surface area contributed by atoms with Crippen molar-refractivity contribution in [3.05, 3.63) is 59.0 Å². The molecule has 1 saturated heterocycles. The van der Waals surface area contributed by atoms with Gasteiger partial charge in [-0.3, -0.25) is 4.79 Å². The zero-order chi connectivity index (χ0) is 22.2. The van der Waals surface area contributed by atoms with Crippen molar-refractivity contribution in [2.75, 3.05) is 31.6 Å². The SMILES string of the molecule is C[C@H](Nc1ncnc2[nH]cc(F)c12)c1cc2cccc(Cl)c2c(C(=O)N2CCOCC2)n1. The normalized spacial score (nSPS) is 15.3. The molecule has 1 aliphatic heterocycles. The van der Waals surface area contributed by atoms with Crippen LogP contribution in [0.1, 0.15) is 29.1 Å². The number of morpholine rings is 1. The molecule has 4 aromatic rings. The Hall–Kier alpha value is -3.30. The van der Waals surface area contributed by atoms with Crippen LogP contribution in [-0.4, -0.2) is 57.0 Å². The number of anilines is 1. The predicted octanol–water partition coefficient (Wildman–Crippen LogP) is 3.94. The minimum atomic E-state index is -0.447. The molecule has 0 unspecified atom stereocenters. The first kappa shape index (κ1) is 20.6. The van der Waals surface area contributed by atoms with E-state index in [-0.39, 0.29) is 17.3 Å². The number of ether oxygens (including phenoxy) is 1. The molecule has 1 aliphatic rings. The van der Waals surface area contributed by atoms with E-state index in [0.717, 1.165) is 5.39 Å². The van der Waals surface area contributed by atoms with Crippen molar-refractivity contribution in [2.24, 2.45) is 0 Å². The molecule has 4 heterocycles. The van der Waals surface area contributed by atoms with Crippen LogP contribution in [0.5, 0.6) is 0 Å². The average molecular weight is 455 g/mol. The number of rotatable bonds is 4. The van der Waals surface area contributed by atoms with E-state index in [1.54, 1.807) is 11.0 Å². The van der Waals surface area contributed by atoms with Gasteiger partial charge in [-0.1, -0.05) is 23.7 Å². The van der Waals surface area contributed by atoms with Crippen LogP contribution in [0.25, 0.3) is 21.8 Å². The Kier molecular flexibility index (Phi) is 5.36. The van der Waals surface area contributed by atoms with Gasteiger partial charge in [0.15, 0.2) is 5.82 Å². The van der Waals surface area contributed by atoms with E-state index < -0.39 is 5.82 Å². The van der Waals surface area contributed by atoms with Crippen LogP contribution in [0, 0.1) is 5.82 Å². The number of H-pyrrole nitrogens is 1. The lowest BCUT2D eigenvalue weighted by Crippen LogP contribution is -2.41. The van der Waals surface area contributed by atoms with Crippen molar-refractivity contribution < 1.29 is 13.9 Å². The van der Waals surface area contributed by atoms with E-state index in [1.807, 2.05) is 25.1 Å². The summed E-state index contributed by atoms with van der Waals surface area (Å²) in [7, 11) is 0. The fourth-order valence-electron chi connectivity index (χ4n) is 3.89. The van der Waals surface area contributed by atoms with E-state index in [2.05, 4.69) is 20.3 Å². The number of nitrogens with zero attached hydrogens (tertiary/aromatic N) is 4. The zero-order valence-corrected chi connectivity index (χ0v) is 18.0. The van der Waals surface area contributed by atoms with E-state index in [1.165, 1.54) is 12.5 Å². The number of amides is 1. The number of fused-ring (bicyclic) bond motifs is 2. The fourth-order valence-corrected chi connectivity index (χ4v) is 4.17. The summed E-state index contributed by atoms with van der Waals surface area (Å²) >= 11 is 6.46. The number of halogens is 2. The lowest BCUT2D eigenvalue weighted by Gasteiger charge is -2.27. The van der Waals surface area contributed by atoms with Crippen molar-refractivity contribution in [1.82, 2.24) is 24.8 Å². The first-order valence-electron chi connectivity index (χ1n) is 10.2. The number of benzene rings is 1. The highest BCUT2D eigenvalue weighted by molar-refractivity contribution is 6.36. The summed E-state index contributed by atoms with van der Waals surface area (Å²) in [4.78, 5) is 30.8. The quantitative estimate of drug-likeness (QED) is 0.485. The molecule has 5 rings (SSSR count). The van der Waals surface area contributed by atoms with Gasteiger partial charge in [0.05, 0.1) is 35.4 Å². The molecule has 0 bridgehead atoms. The van der Waals surface area contributed by atoms with Crippen molar-refractivity contribution in [3.63, 3.8) is 0 Å². The number of carbonyl (C=O) groups excluding carboxylic acids is 1. The van der Waals surface area contributed by atoms with Gasteiger partial charge in [0.2, 0.25) is 0 Å². The maximum Gasteiger partial charge on any atom is 0.273 e. The molecular weight excluding hydrogens is 435 g/mol. The smallest absolute Gasteiger partial charge is 0.273 e. The van der Waals surface area contributed by atoms with Gasteiger partial charge in [-0.15, -0.1) is 0 Å². The van der Waals surface area contributed by atoms with Crippen LogP contribution in [0.15, 0.2) is 36.8 Å². The van der Waals surface area contributed by atoms with Gasteiger partial charge >= 0.3 is 0 Å². The molecule has 1 amide bonds.